The van der Waals surface area contributed by atoms with Crippen molar-refractivity contribution in [3.63, 3.8) is 0 Å². The van der Waals surface area contributed by atoms with Gasteiger partial charge >= 0.3 is 0 Å². The lowest BCUT2D eigenvalue weighted by Crippen LogP contribution is -2.10. The molecule has 22 heavy (non-hydrogen) atoms. The van der Waals surface area contributed by atoms with Crippen LogP contribution in [0, 0.1) is 6.92 Å². The van der Waals surface area contributed by atoms with Gasteiger partial charge in [-0.1, -0.05) is 0 Å². The number of aromatic nitrogens is 2. The van der Waals surface area contributed by atoms with Crippen LogP contribution in [-0.4, -0.2) is 23.1 Å². The van der Waals surface area contributed by atoms with Crippen molar-refractivity contribution in [2.75, 3.05) is 13.2 Å². The molecule has 2 aromatic heterocycles. The van der Waals surface area contributed by atoms with Crippen molar-refractivity contribution in [1.82, 2.24) is 9.97 Å². The van der Waals surface area contributed by atoms with Gasteiger partial charge in [-0.05, 0) is 48.2 Å². The van der Waals surface area contributed by atoms with Crippen LogP contribution in [0.25, 0.3) is 32.6 Å². The summed E-state index contributed by atoms with van der Waals surface area (Å²) in [4.78, 5) is 7.76. The second-order valence-electron chi connectivity index (χ2n) is 5.49. The van der Waals surface area contributed by atoms with Crippen LogP contribution in [0.3, 0.4) is 0 Å². The molecule has 2 heterocycles. The SMILES string of the molecule is Cc1c2ccncc2cc2c1[nH]c1ccc(OCCN)cc12. The van der Waals surface area contributed by atoms with Crippen molar-refractivity contribution in [1.29, 1.82) is 0 Å². The molecular weight excluding hydrogens is 274 g/mol. The van der Waals surface area contributed by atoms with Crippen molar-refractivity contribution in [3.8, 4) is 5.75 Å². The van der Waals surface area contributed by atoms with Crippen molar-refractivity contribution >= 4 is 32.6 Å². The Balaban J connectivity index is 2.03. The Bertz CT molecular complexity index is 988. The average molecular weight is 291 g/mol. The third-order valence-electron chi connectivity index (χ3n) is 4.13. The molecule has 0 saturated carbocycles. The summed E-state index contributed by atoms with van der Waals surface area (Å²) in [7, 11) is 0. The van der Waals surface area contributed by atoms with Crippen LogP contribution >= 0.6 is 0 Å². The summed E-state index contributed by atoms with van der Waals surface area (Å²) < 4.78 is 5.65. The zero-order chi connectivity index (χ0) is 15.1. The average Bonchev–Trinajstić information content (AvgIpc) is 2.92. The van der Waals surface area contributed by atoms with Crippen LogP contribution in [0.4, 0.5) is 0 Å². The molecule has 0 amide bonds. The number of hydrogen-bond donors (Lipinski definition) is 2. The van der Waals surface area contributed by atoms with Crippen LogP contribution in [0.2, 0.25) is 0 Å². The predicted molar refractivity (Wildman–Crippen MR) is 90.4 cm³/mol. The molecule has 4 rings (SSSR count). The van der Waals surface area contributed by atoms with E-state index in [1.165, 1.54) is 27.2 Å². The summed E-state index contributed by atoms with van der Waals surface area (Å²) in [5.74, 6) is 0.850. The highest BCUT2D eigenvalue weighted by molar-refractivity contribution is 6.13. The molecule has 0 radical (unpaired) electrons. The smallest absolute Gasteiger partial charge is 0.120 e. The molecule has 0 fully saturated rings. The van der Waals surface area contributed by atoms with Crippen LogP contribution in [0.5, 0.6) is 5.75 Å². The number of nitrogens with one attached hydrogen (secondary N) is 1. The fraction of sp³-hybridized carbons (Fsp3) is 0.167. The molecule has 0 unspecified atom stereocenters. The van der Waals surface area contributed by atoms with Gasteiger partial charge in [-0.25, -0.2) is 0 Å². The lowest BCUT2D eigenvalue weighted by atomic mass is 10.0. The summed E-state index contributed by atoms with van der Waals surface area (Å²) in [6.07, 6.45) is 3.75. The molecule has 4 aromatic rings. The van der Waals surface area contributed by atoms with Crippen molar-refractivity contribution < 1.29 is 4.74 Å². The first-order chi connectivity index (χ1) is 10.8. The number of aromatic amines is 1. The number of nitrogens with zero attached hydrogens (tertiary/aromatic N) is 1. The maximum Gasteiger partial charge on any atom is 0.120 e. The molecule has 4 nitrogen and oxygen atoms in total. The summed E-state index contributed by atoms with van der Waals surface area (Å²) in [5.41, 5.74) is 9.03. The van der Waals surface area contributed by atoms with Gasteiger partial charge in [-0.2, -0.15) is 0 Å². The second-order valence-corrected chi connectivity index (χ2v) is 5.49. The van der Waals surface area contributed by atoms with Crippen LogP contribution < -0.4 is 10.5 Å². The number of nitrogens with two attached hydrogens (primary N) is 1. The summed E-state index contributed by atoms with van der Waals surface area (Å²) in [5, 5.41) is 4.75. The van der Waals surface area contributed by atoms with Crippen LogP contribution in [0.15, 0.2) is 42.7 Å². The Morgan fingerprint density at radius 3 is 2.91 bits per heavy atom. The third kappa shape index (κ3) is 1.92. The third-order valence-corrected chi connectivity index (χ3v) is 4.13. The molecule has 0 saturated heterocycles. The highest BCUT2D eigenvalue weighted by Gasteiger charge is 2.10. The van der Waals surface area contributed by atoms with Gasteiger partial charge in [0.15, 0.2) is 0 Å². The molecule has 0 atom stereocenters. The van der Waals surface area contributed by atoms with E-state index >= 15 is 0 Å². The molecule has 0 aliphatic heterocycles. The number of H-pyrrole nitrogens is 1. The van der Waals surface area contributed by atoms with Gasteiger partial charge in [0.05, 0.1) is 5.52 Å². The van der Waals surface area contributed by atoms with Crippen LogP contribution in [-0.2, 0) is 0 Å². The second kappa shape index (κ2) is 5.00. The van der Waals surface area contributed by atoms with Crippen molar-refractivity contribution in [3.05, 3.63) is 48.3 Å². The van der Waals surface area contributed by atoms with Gasteiger partial charge in [-0.3, -0.25) is 4.98 Å². The fourth-order valence-electron chi connectivity index (χ4n) is 3.06. The van der Waals surface area contributed by atoms with E-state index in [1.807, 2.05) is 18.5 Å². The van der Waals surface area contributed by atoms with Gasteiger partial charge in [-0.15, -0.1) is 0 Å². The molecule has 3 N–H and O–H groups in total. The highest BCUT2D eigenvalue weighted by atomic mass is 16.5. The quantitative estimate of drug-likeness (QED) is 0.607. The molecule has 0 aliphatic carbocycles. The number of benzene rings is 2. The minimum Gasteiger partial charge on any atom is -0.492 e. The van der Waals surface area contributed by atoms with Gasteiger partial charge < -0.3 is 15.5 Å². The first kappa shape index (κ1) is 13.1. The molecular formula is C18H17N3O. The minimum absolute atomic E-state index is 0.515. The summed E-state index contributed by atoms with van der Waals surface area (Å²) in [6, 6.07) is 10.4. The van der Waals surface area contributed by atoms with E-state index in [9.17, 15) is 0 Å². The van der Waals surface area contributed by atoms with E-state index in [0.717, 1.165) is 16.7 Å². The monoisotopic (exact) mass is 291 g/mol. The molecule has 0 bridgehead atoms. The molecule has 4 heteroatoms. The van der Waals surface area contributed by atoms with Crippen molar-refractivity contribution in [2.45, 2.75) is 6.92 Å². The van der Waals surface area contributed by atoms with E-state index in [-0.39, 0.29) is 0 Å². The lowest BCUT2D eigenvalue weighted by Gasteiger charge is -2.05. The van der Waals surface area contributed by atoms with E-state index in [4.69, 9.17) is 10.5 Å². The normalized spacial score (nSPS) is 11.5. The number of rotatable bonds is 3. The Labute approximate surface area is 127 Å². The molecule has 2 aromatic carbocycles. The first-order valence-corrected chi connectivity index (χ1v) is 7.39. The van der Waals surface area contributed by atoms with Crippen molar-refractivity contribution in [2.24, 2.45) is 5.73 Å². The topological polar surface area (TPSA) is 63.9 Å². The Hall–Kier alpha value is -2.59. The van der Waals surface area contributed by atoms with E-state index in [2.05, 4.69) is 41.2 Å². The predicted octanol–water partition coefficient (Wildman–Crippen LogP) is 3.52. The minimum atomic E-state index is 0.515. The Kier molecular flexibility index (Phi) is 2.98. The van der Waals surface area contributed by atoms with E-state index in [0.29, 0.717) is 13.2 Å². The molecule has 0 spiro atoms. The van der Waals surface area contributed by atoms with Gasteiger partial charge in [0.1, 0.15) is 12.4 Å². The first-order valence-electron chi connectivity index (χ1n) is 7.39. The maximum absolute atomic E-state index is 5.65. The zero-order valence-corrected chi connectivity index (χ0v) is 12.4. The maximum atomic E-state index is 5.65. The number of hydrogen-bond acceptors (Lipinski definition) is 3. The zero-order valence-electron chi connectivity index (χ0n) is 12.4. The summed E-state index contributed by atoms with van der Waals surface area (Å²) >= 11 is 0. The van der Waals surface area contributed by atoms with E-state index in [1.54, 1.807) is 0 Å². The standard InChI is InChI=1S/C18H17N3O/c1-11-14-4-6-20-10-12(14)8-16-15-9-13(22-7-5-19)2-3-17(15)21-18(11)16/h2-4,6,8-10,21H,5,7,19H2,1H3. The molecule has 0 aliphatic rings. The summed E-state index contributed by atoms with van der Waals surface area (Å²) in [6.45, 7) is 3.19. The van der Waals surface area contributed by atoms with Gasteiger partial charge in [0.2, 0.25) is 0 Å². The number of fused-ring (bicyclic) bond motifs is 4. The Morgan fingerprint density at radius 2 is 2.05 bits per heavy atom. The van der Waals surface area contributed by atoms with Gasteiger partial charge in [0.25, 0.3) is 0 Å². The van der Waals surface area contributed by atoms with Crippen LogP contribution in [0.1, 0.15) is 5.56 Å². The number of aryl methyl sites for hydroxylation is 1. The Morgan fingerprint density at radius 1 is 1.14 bits per heavy atom. The van der Waals surface area contributed by atoms with E-state index < -0.39 is 0 Å². The molecule has 110 valence electrons. The number of ether oxygens (including phenoxy) is 1. The lowest BCUT2D eigenvalue weighted by molar-refractivity contribution is 0.329. The largest absolute Gasteiger partial charge is 0.492 e. The fourth-order valence-corrected chi connectivity index (χ4v) is 3.06. The van der Waals surface area contributed by atoms with Gasteiger partial charge in [0, 0.05) is 40.6 Å². The highest BCUT2D eigenvalue weighted by Crippen LogP contribution is 2.34. The number of pyridine rings is 1.